The van der Waals surface area contributed by atoms with Crippen LogP contribution in [0, 0.1) is 19.7 Å². The lowest BCUT2D eigenvalue weighted by Crippen LogP contribution is -1.80. The number of aromatic amines is 1. The highest BCUT2D eigenvalue weighted by molar-refractivity contribution is 5.84. The number of fused-ring (bicyclic) bond motifs is 1. The van der Waals surface area contributed by atoms with E-state index in [1.54, 1.807) is 6.20 Å². The van der Waals surface area contributed by atoms with Gasteiger partial charge in [0.15, 0.2) is 0 Å². The first-order chi connectivity index (χ1) is 5.68. The van der Waals surface area contributed by atoms with E-state index in [0.29, 0.717) is 5.52 Å². The summed E-state index contributed by atoms with van der Waals surface area (Å²) in [5, 5.41) is 0.868. The van der Waals surface area contributed by atoms with Gasteiger partial charge in [-0.3, -0.25) is 0 Å². The number of aromatic nitrogens is 1. The van der Waals surface area contributed by atoms with Crippen LogP contribution in [0.4, 0.5) is 4.39 Å². The van der Waals surface area contributed by atoms with Gasteiger partial charge < -0.3 is 4.98 Å². The average molecular weight is 162 g/mol. The van der Waals surface area contributed by atoms with E-state index in [1.165, 1.54) is 6.07 Å². The highest BCUT2D eigenvalue weighted by Crippen LogP contribution is 2.21. The second kappa shape index (κ2) is 2.34. The number of hydrogen-bond donors (Lipinski definition) is 1. The van der Waals surface area contributed by atoms with E-state index < -0.39 is 0 Å². The van der Waals surface area contributed by atoms with Gasteiger partial charge in [0.2, 0.25) is 0 Å². The Labute approximate surface area is 70.2 Å². The van der Waals surface area contributed by atoms with E-state index in [1.807, 2.05) is 13.0 Å². The van der Waals surface area contributed by atoms with E-state index >= 15 is 0 Å². The van der Waals surface area contributed by atoms with Crippen LogP contribution in [0.25, 0.3) is 10.9 Å². The lowest BCUT2D eigenvalue weighted by Gasteiger charge is -1.96. The Morgan fingerprint density at radius 1 is 1.42 bits per heavy atom. The van der Waals surface area contributed by atoms with Crippen LogP contribution in [-0.4, -0.2) is 4.98 Å². The maximum Gasteiger partial charge on any atom is 0.147 e. The summed E-state index contributed by atoms with van der Waals surface area (Å²) in [6.07, 6.45) is 1.72. The van der Waals surface area contributed by atoms with Gasteiger partial charge in [-0.25, -0.2) is 4.39 Å². The van der Waals surface area contributed by atoms with Crippen LogP contribution in [0.15, 0.2) is 18.3 Å². The van der Waals surface area contributed by atoms with Crippen molar-refractivity contribution in [3.8, 4) is 0 Å². The van der Waals surface area contributed by atoms with Crippen molar-refractivity contribution in [2.75, 3.05) is 0 Å². The average Bonchev–Trinajstić information content (AvgIpc) is 2.33. The Morgan fingerprint density at radius 2 is 2.17 bits per heavy atom. The Kier molecular flexibility index (Phi) is 1.43. The van der Waals surface area contributed by atoms with Crippen LogP contribution in [0.3, 0.4) is 0 Å². The molecule has 1 nitrogen and oxygen atoms in total. The van der Waals surface area contributed by atoms with Crippen LogP contribution in [0.5, 0.6) is 0 Å². The summed E-state index contributed by atoms with van der Waals surface area (Å²) in [7, 11) is 0. The fourth-order valence-corrected chi connectivity index (χ4v) is 1.38. The number of hydrogen-bond acceptors (Lipinski definition) is 0. The monoisotopic (exact) mass is 162 g/mol. The molecule has 61 valence electrons. The van der Waals surface area contributed by atoms with Gasteiger partial charge in [-0.15, -0.1) is 0 Å². The number of rotatable bonds is 0. The predicted molar refractivity (Wildman–Crippen MR) is 47.5 cm³/mol. The van der Waals surface area contributed by atoms with Crippen LogP contribution in [0.2, 0.25) is 0 Å². The van der Waals surface area contributed by atoms with Crippen LogP contribution in [-0.2, 0) is 0 Å². The van der Waals surface area contributed by atoms with Crippen molar-refractivity contribution in [1.82, 2.24) is 4.98 Å². The summed E-state index contributed by atoms with van der Waals surface area (Å²) in [4.78, 5) is 2.85. The van der Waals surface area contributed by atoms with Gasteiger partial charge in [0.05, 0.1) is 5.52 Å². The maximum absolute atomic E-state index is 13.2. The first-order valence-electron chi connectivity index (χ1n) is 3.77. The van der Waals surface area contributed by atoms with E-state index in [4.69, 9.17) is 0 Å². The van der Waals surface area contributed by atoms with Crippen molar-refractivity contribution in [1.29, 1.82) is 0 Å². The Balaban J connectivity index is 2.92. The summed E-state index contributed by atoms with van der Waals surface area (Å²) in [6.45, 7) is 5.66. The number of benzene rings is 1. The van der Waals surface area contributed by atoms with Crippen molar-refractivity contribution >= 4 is 10.9 Å². The third-order valence-corrected chi connectivity index (χ3v) is 1.97. The molecular formula is C10H9FN. The zero-order valence-corrected chi connectivity index (χ0v) is 6.82. The summed E-state index contributed by atoms with van der Waals surface area (Å²) >= 11 is 0. The first-order valence-corrected chi connectivity index (χ1v) is 3.77. The summed E-state index contributed by atoms with van der Waals surface area (Å²) < 4.78 is 13.2. The lowest BCUT2D eigenvalue weighted by atomic mass is 10.1. The molecule has 0 bridgehead atoms. The molecule has 0 aliphatic rings. The van der Waals surface area contributed by atoms with Gasteiger partial charge in [0, 0.05) is 11.6 Å². The number of nitrogens with one attached hydrogen (secondary N) is 1. The molecular weight excluding hydrogens is 153 g/mol. The van der Waals surface area contributed by atoms with Crippen molar-refractivity contribution in [3.63, 3.8) is 0 Å². The molecule has 1 radical (unpaired) electrons. The largest absolute Gasteiger partial charge is 0.359 e. The van der Waals surface area contributed by atoms with Gasteiger partial charge in [0.1, 0.15) is 5.82 Å². The molecule has 0 unspecified atom stereocenters. The molecule has 0 saturated heterocycles. The SMILES string of the molecule is [CH2]c1c[nH]c2c(F)cc(C)cc12. The molecule has 1 aromatic carbocycles. The Morgan fingerprint density at radius 3 is 2.92 bits per heavy atom. The number of aryl methyl sites for hydroxylation is 1. The fraction of sp³-hybridized carbons (Fsp3) is 0.100. The second-order valence-electron chi connectivity index (χ2n) is 2.98. The summed E-state index contributed by atoms with van der Waals surface area (Å²) in [5.41, 5.74) is 2.31. The number of halogens is 1. The molecule has 0 aliphatic carbocycles. The molecule has 1 N–H and O–H groups in total. The first kappa shape index (κ1) is 7.35. The van der Waals surface area contributed by atoms with E-state index in [2.05, 4.69) is 11.9 Å². The molecule has 0 saturated carbocycles. The highest BCUT2D eigenvalue weighted by atomic mass is 19.1. The molecule has 12 heavy (non-hydrogen) atoms. The van der Waals surface area contributed by atoms with Crippen LogP contribution < -0.4 is 0 Å². The third-order valence-electron chi connectivity index (χ3n) is 1.97. The van der Waals surface area contributed by atoms with Gasteiger partial charge in [-0.1, -0.05) is 0 Å². The van der Waals surface area contributed by atoms with Crippen molar-refractivity contribution < 1.29 is 4.39 Å². The zero-order valence-electron chi connectivity index (χ0n) is 6.82. The fourth-order valence-electron chi connectivity index (χ4n) is 1.38. The molecule has 0 amide bonds. The second-order valence-corrected chi connectivity index (χ2v) is 2.98. The molecule has 2 rings (SSSR count). The summed E-state index contributed by atoms with van der Waals surface area (Å²) in [6, 6.07) is 3.44. The minimum Gasteiger partial charge on any atom is -0.359 e. The molecule has 1 aromatic heterocycles. The van der Waals surface area contributed by atoms with Gasteiger partial charge in [-0.2, -0.15) is 0 Å². The van der Waals surface area contributed by atoms with Crippen molar-refractivity contribution in [2.24, 2.45) is 0 Å². The molecule has 2 aromatic rings. The lowest BCUT2D eigenvalue weighted by molar-refractivity contribution is 0.636. The Bertz CT molecular complexity index is 429. The van der Waals surface area contributed by atoms with Crippen molar-refractivity contribution in [2.45, 2.75) is 6.92 Å². The maximum atomic E-state index is 13.2. The molecule has 0 atom stereocenters. The standard InChI is InChI=1S/C10H9FN/c1-6-3-8-7(2)5-12-10(8)9(11)4-6/h3-5,12H,2H2,1H3. The minimum absolute atomic E-state index is 0.208. The minimum atomic E-state index is -0.208. The van der Waals surface area contributed by atoms with Gasteiger partial charge in [0.25, 0.3) is 0 Å². The molecule has 0 fully saturated rings. The topological polar surface area (TPSA) is 15.8 Å². The molecule has 0 aliphatic heterocycles. The van der Waals surface area contributed by atoms with Crippen LogP contribution >= 0.6 is 0 Å². The predicted octanol–water partition coefficient (Wildman–Crippen LogP) is 2.80. The smallest absolute Gasteiger partial charge is 0.147 e. The Hall–Kier alpha value is -1.31. The van der Waals surface area contributed by atoms with Crippen LogP contribution in [0.1, 0.15) is 11.1 Å². The zero-order chi connectivity index (χ0) is 8.72. The van der Waals surface area contributed by atoms with Crippen molar-refractivity contribution in [3.05, 3.63) is 42.2 Å². The highest BCUT2D eigenvalue weighted by Gasteiger charge is 2.04. The van der Waals surface area contributed by atoms with E-state index in [9.17, 15) is 4.39 Å². The van der Waals surface area contributed by atoms with Gasteiger partial charge >= 0.3 is 0 Å². The van der Waals surface area contributed by atoms with E-state index in [0.717, 1.165) is 16.5 Å². The molecule has 1 heterocycles. The summed E-state index contributed by atoms with van der Waals surface area (Å²) in [5.74, 6) is -0.208. The van der Waals surface area contributed by atoms with E-state index in [-0.39, 0.29) is 5.82 Å². The third kappa shape index (κ3) is 0.916. The normalized spacial score (nSPS) is 10.9. The quantitative estimate of drug-likeness (QED) is 0.613. The van der Waals surface area contributed by atoms with Gasteiger partial charge in [-0.05, 0) is 37.1 Å². The molecule has 2 heteroatoms. The molecule has 0 spiro atoms. The number of H-pyrrole nitrogens is 1.